The van der Waals surface area contributed by atoms with Gasteiger partial charge in [0, 0.05) is 0 Å². The van der Waals surface area contributed by atoms with Crippen molar-refractivity contribution in [1.82, 2.24) is 0 Å². The molecule has 4 saturated heterocycles. The number of aliphatic carboxylic acids is 1. The van der Waals surface area contributed by atoms with Crippen LogP contribution in [0, 0.1) is 50.2 Å². The van der Waals surface area contributed by atoms with Crippen molar-refractivity contribution in [2.24, 2.45) is 50.2 Å². The van der Waals surface area contributed by atoms with Crippen LogP contribution < -0.4 is 0 Å². The molecule has 0 aromatic carbocycles. The Hall–Kier alpha value is -1.51. The van der Waals surface area contributed by atoms with Crippen LogP contribution in [-0.2, 0) is 42.7 Å². The van der Waals surface area contributed by atoms with Gasteiger partial charge in [-0.3, -0.25) is 4.79 Å². The third-order valence-corrected chi connectivity index (χ3v) is 21.0. The molecular weight excluding hydrogens is 957 g/mol. The lowest BCUT2D eigenvalue weighted by molar-refractivity contribution is -0.399. The SMILES string of the molecule is C[C@@H]1O[C@@H](O[C@H]2[C@H](O[C@@H]3[C@@H](O)[C@H](O[C@H]4CC[C@]5(C)[C@H]6CC=C7[C@@H]8CC(C)(C)CC[C@]8(C(=O)O)CC[C@@]7(C)[C@]6(C)CC[C@H]5C4(C)C)OC[C@H]3O)O[C@H](CO)[C@@H](O[C@@H]3O[C@@H](C)[C@H](O)[C@@H](O)[C@H]3O)[C@@H]2O)[C@H](O)[C@H](O)[C@H]1O. The van der Waals surface area contributed by atoms with E-state index in [4.69, 9.17) is 37.9 Å². The molecule has 4 saturated carbocycles. The minimum absolute atomic E-state index is 0.0132. The lowest BCUT2D eigenvalue weighted by atomic mass is 9.33. The van der Waals surface area contributed by atoms with Crippen molar-refractivity contribution >= 4 is 5.97 Å². The molecule has 9 aliphatic rings. The first kappa shape index (κ1) is 56.2. The van der Waals surface area contributed by atoms with Crippen LogP contribution in [0.2, 0.25) is 0 Å². The maximum atomic E-state index is 13.2. The average molecular weight is 1040 g/mol. The minimum atomic E-state index is -1.90. The summed E-state index contributed by atoms with van der Waals surface area (Å²) in [6, 6.07) is 0. The Bertz CT molecular complexity index is 2020. The number of hydrogen-bond acceptors (Lipinski definition) is 19. The largest absolute Gasteiger partial charge is 0.481 e. The molecule has 20 heteroatoms. The lowest BCUT2D eigenvalue weighted by Crippen LogP contribution is -2.68. The van der Waals surface area contributed by atoms with Gasteiger partial charge in [-0.25, -0.2) is 0 Å². The number of rotatable bonds is 10. The standard InChI is InChI=1S/C53H86O20/c1-23-32(56)34(58)36(60)44(67-23)72-41-28(21-54)69-46(42(38(41)62)73-45-37(61)35(59)33(57)24(2)68-45)71-40-27(55)22-66-43(39(40)63)70-31-13-14-50(7)29(49(31,5)6)12-15-52(9)30(50)11-10-25-26-20-48(3,4)16-18-53(26,47(64)65)19-17-51(25,52)8/h10,23-24,26-46,54-63H,11-22H2,1-9H3,(H,64,65)/t23-,24-,26-,27+,28+,29-,30+,31-,32-,33-,34+,35+,36+,37+,38-,39+,40-,41+,42+,43-,44-,45-,46-,50-,51+,52+,53-/m0/s1. The van der Waals surface area contributed by atoms with Crippen molar-refractivity contribution in [3.05, 3.63) is 11.6 Å². The molecule has 11 N–H and O–H groups in total. The highest BCUT2D eigenvalue weighted by atomic mass is 16.8. The Kier molecular flexibility index (Phi) is 15.4. The van der Waals surface area contributed by atoms with Crippen LogP contribution in [0.4, 0.5) is 0 Å². The van der Waals surface area contributed by atoms with Crippen molar-refractivity contribution in [3.63, 3.8) is 0 Å². The molecule has 0 radical (unpaired) electrons. The summed E-state index contributed by atoms with van der Waals surface area (Å²) in [5.41, 5.74) is -0.00652. The van der Waals surface area contributed by atoms with Crippen LogP contribution in [-0.4, -0.2) is 198 Å². The van der Waals surface area contributed by atoms with Crippen LogP contribution in [0.3, 0.4) is 0 Å². The maximum Gasteiger partial charge on any atom is 0.310 e. The van der Waals surface area contributed by atoms with Gasteiger partial charge in [0.25, 0.3) is 0 Å². The third kappa shape index (κ3) is 9.11. The van der Waals surface area contributed by atoms with E-state index in [9.17, 15) is 61.0 Å². The van der Waals surface area contributed by atoms with E-state index < -0.39 is 146 Å². The fraction of sp³-hybridized carbons (Fsp3) is 0.943. The van der Waals surface area contributed by atoms with Crippen molar-refractivity contribution in [2.75, 3.05) is 13.2 Å². The van der Waals surface area contributed by atoms with E-state index >= 15 is 0 Å². The predicted molar refractivity (Wildman–Crippen MR) is 254 cm³/mol. The Morgan fingerprint density at radius 1 is 0.616 bits per heavy atom. The van der Waals surface area contributed by atoms with Gasteiger partial charge in [0.2, 0.25) is 0 Å². The van der Waals surface area contributed by atoms with Crippen LogP contribution in [0.15, 0.2) is 11.6 Å². The van der Waals surface area contributed by atoms with E-state index in [1.807, 2.05) is 0 Å². The summed E-state index contributed by atoms with van der Waals surface area (Å²) in [5.74, 6) is -0.0931. The highest BCUT2D eigenvalue weighted by Crippen LogP contribution is 2.76. The number of hydrogen-bond donors (Lipinski definition) is 11. The van der Waals surface area contributed by atoms with Gasteiger partial charge in [0.05, 0.1) is 36.9 Å². The molecule has 20 nitrogen and oxygen atoms in total. The van der Waals surface area contributed by atoms with Gasteiger partial charge in [-0.2, -0.15) is 0 Å². The molecule has 0 unspecified atom stereocenters. The second-order valence-corrected chi connectivity index (χ2v) is 25.8. The summed E-state index contributed by atoms with van der Waals surface area (Å²) >= 11 is 0. The van der Waals surface area contributed by atoms with Gasteiger partial charge in [-0.15, -0.1) is 0 Å². The van der Waals surface area contributed by atoms with E-state index in [-0.39, 0.29) is 40.1 Å². The predicted octanol–water partition coefficient (Wildman–Crippen LogP) is 1.22. The topological polar surface area (TPSA) is 313 Å². The Balaban J connectivity index is 0.929. The number of ether oxygens (including phenoxy) is 8. The summed E-state index contributed by atoms with van der Waals surface area (Å²) in [7, 11) is 0. The lowest BCUT2D eigenvalue weighted by Gasteiger charge is -2.71. The molecule has 8 fully saturated rings. The number of carbonyl (C=O) groups is 1. The van der Waals surface area contributed by atoms with Gasteiger partial charge >= 0.3 is 5.97 Å². The van der Waals surface area contributed by atoms with Gasteiger partial charge in [0.15, 0.2) is 25.2 Å². The molecule has 4 aliphatic heterocycles. The van der Waals surface area contributed by atoms with E-state index in [1.54, 1.807) is 0 Å². The number of fused-ring (bicyclic) bond motifs is 7. The zero-order valence-electron chi connectivity index (χ0n) is 43.9. The summed E-state index contributed by atoms with van der Waals surface area (Å²) in [5, 5.41) is 121. The molecule has 0 spiro atoms. The Labute approximate surface area is 428 Å². The van der Waals surface area contributed by atoms with Crippen molar-refractivity contribution in [2.45, 2.75) is 249 Å². The van der Waals surface area contributed by atoms with Crippen LogP contribution in [0.5, 0.6) is 0 Å². The molecular formula is C53H86O20. The van der Waals surface area contributed by atoms with Gasteiger partial charge in [0.1, 0.15) is 79.4 Å². The van der Waals surface area contributed by atoms with Crippen LogP contribution in [0.1, 0.15) is 127 Å². The van der Waals surface area contributed by atoms with Crippen molar-refractivity contribution < 1.29 is 98.9 Å². The van der Waals surface area contributed by atoms with E-state index in [0.29, 0.717) is 25.2 Å². The highest BCUT2D eigenvalue weighted by Gasteiger charge is 2.70. The fourth-order valence-electron chi connectivity index (χ4n) is 16.2. The molecule has 418 valence electrons. The van der Waals surface area contributed by atoms with Crippen LogP contribution in [0.25, 0.3) is 0 Å². The molecule has 9 rings (SSSR count). The second-order valence-electron chi connectivity index (χ2n) is 25.8. The average Bonchev–Trinajstić information content (AvgIpc) is 3.32. The molecule has 0 amide bonds. The smallest absolute Gasteiger partial charge is 0.310 e. The zero-order chi connectivity index (χ0) is 53.3. The third-order valence-electron chi connectivity index (χ3n) is 21.0. The number of carboxylic acid groups (broad SMARTS) is 1. The zero-order valence-corrected chi connectivity index (χ0v) is 43.9. The van der Waals surface area contributed by atoms with Crippen molar-refractivity contribution in [1.29, 1.82) is 0 Å². The summed E-state index contributed by atoms with van der Waals surface area (Å²) in [6.45, 7) is 18.0. The second kappa shape index (κ2) is 20.0. The first-order valence-electron chi connectivity index (χ1n) is 26.9. The van der Waals surface area contributed by atoms with Crippen LogP contribution >= 0.6 is 0 Å². The van der Waals surface area contributed by atoms with E-state index in [2.05, 4.69) is 54.5 Å². The van der Waals surface area contributed by atoms with E-state index in [0.717, 1.165) is 44.9 Å². The first-order valence-corrected chi connectivity index (χ1v) is 26.9. The maximum absolute atomic E-state index is 13.2. The number of carboxylic acids is 1. The molecule has 0 bridgehead atoms. The Morgan fingerprint density at radius 3 is 1.81 bits per heavy atom. The van der Waals surface area contributed by atoms with Gasteiger partial charge in [-0.1, -0.05) is 60.1 Å². The quantitative estimate of drug-likeness (QED) is 0.108. The number of allylic oxidation sites excluding steroid dienone is 2. The number of aliphatic hydroxyl groups is 10. The summed E-state index contributed by atoms with van der Waals surface area (Å²) in [4.78, 5) is 13.2. The minimum Gasteiger partial charge on any atom is -0.481 e. The number of aliphatic hydroxyl groups excluding tert-OH is 10. The first-order chi connectivity index (χ1) is 34.1. The molecule has 27 atom stereocenters. The van der Waals surface area contributed by atoms with E-state index in [1.165, 1.54) is 19.4 Å². The van der Waals surface area contributed by atoms with Gasteiger partial charge < -0.3 is 94.1 Å². The fourth-order valence-corrected chi connectivity index (χ4v) is 16.2. The van der Waals surface area contributed by atoms with Gasteiger partial charge in [-0.05, 0) is 123 Å². The van der Waals surface area contributed by atoms with Crippen molar-refractivity contribution in [3.8, 4) is 0 Å². The molecule has 4 heterocycles. The Morgan fingerprint density at radius 2 is 1.21 bits per heavy atom. The molecule has 0 aromatic rings. The monoisotopic (exact) mass is 1040 g/mol. The highest BCUT2D eigenvalue weighted by molar-refractivity contribution is 5.76. The summed E-state index contributed by atoms with van der Waals surface area (Å²) in [6.07, 6.45) is -19.8. The normalized spacial score (nSPS) is 54.7. The summed E-state index contributed by atoms with van der Waals surface area (Å²) < 4.78 is 48.6. The molecule has 5 aliphatic carbocycles. The molecule has 73 heavy (non-hydrogen) atoms. The molecule has 0 aromatic heterocycles.